The Bertz CT molecular complexity index is 693. The van der Waals surface area contributed by atoms with Crippen LogP contribution in [0, 0.1) is 0 Å². The van der Waals surface area contributed by atoms with Crippen LogP contribution in [-0.2, 0) is 18.3 Å². The molecule has 1 aromatic carbocycles. The minimum absolute atomic E-state index is 0. The fourth-order valence-electron chi connectivity index (χ4n) is 2.36. The van der Waals surface area contributed by atoms with Crippen LogP contribution >= 0.6 is 35.6 Å². The van der Waals surface area contributed by atoms with Gasteiger partial charge in [0.15, 0.2) is 5.96 Å². The van der Waals surface area contributed by atoms with Gasteiger partial charge in [0.05, 0.1) is 12.6 Å². The molecule has 0 spiro atoms. The van der Waals surface area contributed by atoms with Crippen LogP contribution in [0.5, 0.6) is 0 Å². The van der Waals surface area contributed by atoms with Crippen molar-refractivity contribution in [2.24, 2.45) is 12.0 Å². The predicted molar refractivity (Wildman–Crippen MR) is 110 cm³/mol. The maximum absolute atomic E-state index is 6.06. The zero-order valence-corrected chi connectivity index (χ0v) is 17.9. The van der Waals surface area contributed by atoms with Crippen LogP contribution in [0.25, 0.3) is 0 Å². The Morgan fingerprint density at radius 2 is 2.24 bits per heavy atom. The highest BCUT2D eigenvalue weighted by atomic mass is 127. The van der Waals surface area contributed by atoms with Gasteiger partial charge in [-0.25, -0.2) is 4.98 Å². The number of guanidine groups is 1. The highest BCUT2D eigenvalue weighted by molar-refractivity contribution is 14.0. The summed E-state index contributed by atoms with van der Waals surface area (Å²) >= 11 is 6.06. The standard InChI is InChI=1S/C16H23ClN6O.HI/c1-18-16(22(2)10-15-20-11-21-23(15)3)19-9-14(24-4)12-6-5-7-13(17)8-12;/h5-8,11,14H,9-10H2,1-4H3,(H,18,19);1H. The molecule has 9 heteroatoms. The molecule has 0 fully saturated rings. The number of hydrogen-bond acceptors (Lipinski definition) is 4. The van der Waals surface area contributed by atoms with E-state index in [0.29, 0.717) is 18.1 Å². The van der Waals surface area contributed by atoms with E-state index in [1.807, 2.05) is 43.3 Å². The second kappa shape index (κ2) is 10.6. The van der Waals surface area contributed by atoms with Crippen molar-refractivity contribution in [1.29, 1.82) is 0 Å². The van der Waals surface area contributed by atoms with E-state index in [-0.39, 0.29) is 30.1 Å². The SMILES string of the molecule is CN=C(NCC(OC)c1cccc(Cl)c1)N(C)Cc1ncnn1C.I. The largest absolute Gasteiger partial charge is 0.375 e. The lowest BCUT2D eigenvalue weighted by Crippen LogP contribution is -2.41. The lowest BCUT2D eigenvalue weighted by Gasteiger charge is -2.24. The first-order valence-electron chi connectivity index (χ1n) is 7.58. The summed E-state index contributed by atoms with van der Waals surface area (Å²) < 4.78 is 7.31. The molecule has 1 N–H and O–H groups in total. The summed E-state index contributed by atoms with van der Waals surface area (Å²) in [4.78, 5) is 10.5. The Morgan fingerprint density at radius 3 is 2.80 bits per heavy atom. The molecule has 2 aromatic rings. The second-order valence-electron chi connectivity index (χ2n) is 5.36. The number of aromatic nitrogens is 3. The molecule has 0 aliphatic heterocycles. The molecule has 0 aliphatic rings. The minimum atomic E-state index is -0.122. The molecule has 1 heterocycles. The van der Waals surface area contributed by atoms with Crippen molar-refractivity contribution >= 4 is 41.5 Å². The molecule has 0 saturated carbocycles. The van der Waals surface area contributed by atoms with Crippen molar-refractivity contribution < 1.29 is 4.74 Å². The Morgan fingerprint density at radius 1 is 1.48 bits per heavy atom. The van der Waals surface area contributed by atoms with Crippen LogP contribution in [0.15, 0.2) is 35.6 Å². The van der Waals surface area contributed by atoms with Gasteiger partial charge < -0.3 is 15.0 Å². The van der Waals surface area contributed by atoms with E-state index < -0.39 is 0 Å². The highest BCUT2D eigenvalue weighted by Crippen LogP contribution is 2.19. The van der Waals surface area contributed by atoms with Gasteiger partial charge in [0.1, 0.15) is 12.2 Å². The van der Waals surface area contributed by atoms with Crippen molar-refractivity contribution in [2.45, 2.75) is 12.6 Å². The van der Waals surface area contributed by atoms with Gasteiger partial charge in [-0.1, -0.05) is 23.7 Å². The van der Waals surface area contributed by atoms with E-state index in [9.17, 15) is 0 Å². The molecular weight excluding hydrogens is 455 g/mol. The summed E-state index contributed by atoms with van der Waals surface area (Å²) in [6.07, 6.45) is 1.42. The van der Waals surface area contributed by atoms with Crippen LogP contribution in [0.3, 0.4) is 0 Å². The molecular formula is C16H24ClIN6O. The monoisotopic (exact) mass is 478 g/mol. The summed E-state index contributed by atoms with van der Waals surface area (Å²) in [7, 11) is 7.24. The van der Waals surface area contributed by atoms with Gasteiger partial charge in [0, 0.05) is 39.8 Å². The Balaban J connectivity index is 0.00000312. The lowest BCUT2D eigenvalue weighted by atomic mass is 10.1. The number of ether oxygens (including phenoxy) is 1. The summed E-state index contributed by atoms with van der Waals surface area (Å²) in [5.74, 6) is 1.61. The molecule has 0 saturated heterocycles. The second-order valence-corrected chi connectivity index (χ2v) is 5.80. The summed E-state index contributed by atoms with van der Waals surface area (Å²) in [5, 5.41) is 8.09. The molecule has 0 bridgehead atoms. The number of hydrogen-bond donors (Lipinski definition) is 1. The van der Waals surface area contributed by atoms with Crippen LogP contribution in [0.1, 0.15) is 17.5 Å². The third-order valence-electron chi connectivity index (χ3n) is 3.71. The van der Waals surface area contributed by atoms with Gasteiger partial charge in [-0.3, -0.25) is 9.67 Å². The Labute approximate surface area is 170 Å². The van der Waals surface area contributed by atoms with Gasteiger partial charge in [-0.2, -0.15) is 5.10 Å². The summed E-state index contributed by atoms with van der Waals surface area (Å²) in [6, 6.07) is 7.66. The van der Waals surface area contributed by atoms with E-state index in [0.717, 1.165) is 17.3 Å². The van der Waals surface area contributed by atoms with E-state index in [1.165, 1.54) is 0 Å². The predicted octanol–water partition coefficient (Wildman–Crippen LogP) is 2.48. The van der Waals surface area contributed by atoms with Crippen molar-refractivity contribution in [3.05, 3.63) is 47.0 Å². The Hall–Kier alpha value is -1.39. The number of methoxy groups -OCH3 is 1. The average molecular weight is 479 g/mol. The highest BCUT2D eigenvalue weighted by Gasteiger charge is 2.14. The normalized spacial score (nSPS) is 12.4. The fraction of sp³-hybridized carbons (Fsp3) is 0.438. The maximum Gasteiger partial charge on any atom is 0.193 e. The van der Waals surface area contributed by atoms with E-state index in [4.69, 9.17) is 16.3 Å². The quantitative estimate of drug-likeness (QED) is 0.393. The van der Waals surface area contributed by atoms with Crippen molar-refractivity contribution in [3.8, 4) is 0 Å². The van der Waals surface area contributed by atoms with Gasteiger partial charge in [0.2, 0.25) is 0 Å². The number of halogens is 2. The zero-order chi connectivity index (χ0) is 17.5. The minimum Gasteiger partial charge on any atom is -0.375 e. The first-order chi connectivity index (χ1) is 11.5. The number of aliphatic imine (C=N–C) groups is 1. The van der Waals surface area contributed by atoms with Crippen molar-refractivity contribution in [2.75, 3.05) is 27.7 Å². The van der Waals surface area contributed by atoms with E-state index in [1.54, 1.807) is 25.2 Å². The summed E-state index contributed by atoms with van der Waals surface area (Å²) in [6.45, 7) is 1.18. The topological polar surface area (TPSA) is 67.6 Å². The number of nitrogens with one attached hydrogen (secondary N) is 1. The maximum atomic E-state index is 6.06. The molecule has 7 nitrogen and oxygen atoms in total. The van der Waals surface area contributed by atoms with E-state index >= 15 is 0 Å². The van der Waals surface area contributed by atoms with Gasteiger partial charge >= 0.3 is 0 Å². The number of nitrogens with zero attached hydrogens (tertiary/aromatic N) is 5. The first kappa shape index (κ1) is 21.7. The molecule has 0 aliphatic carbocycles. The molecule has 1 atom stereocenters. The van der Waals surface area contributed by atoms with E-state index in [2.05, 4.69) is 20.4 Å². The molecule has 1 unspecified atom stereocenters. The third-order valence-corrected chi connectivity index (χ3v) is 3.94. The van der Waals surface area contributed by atoms with Crippen LogP contribution in [0.4, 0.5) is 0 Å². The van der Waals surface area contributed by atoms with Crippen molar-refractivity contribution in [1.82, 2.24) is 25.0 Å². The molecule has 2 rings (SSSR count). The number of benzene rings is 1. The molecule has 25 heavy (non-hydrogen) atoms. The lowest BCUT2D eigenvalue weighted by molar-refractivity contribution is 0.106. The number of rotatable bonds is 6. The summed E-state index contributed by atoms with van der Waals surface area (Å²) in [5.41, 5.74) is 1.02. The zero-order valence-electron chi connectivity index (χ0n) is 14.8. The molecule has 138 valence electrons. The van der Waals surface area contributed by atoms with Gasteiger partial charge in [-0.15, -0.1) is 24.0 Å². The van der Waals surface area contributed by atoms with Crippen LogP contribution < -0.4 is 5.32 Å². The average Bonchev–Trinajstić information content (AvgIpc) is 2.96. The third kappa shape index (κ3) is 6.12. The smallest absolute Gasteiger partial charge is 0.193 e. The van der Waals surface area contributed by atoms with Crippen LogP contribution in [0.2, 0.25) is 5.02 Å². The van der Waals surface area contributed by atoms with Gasteiger partial charge in [-0.05, 0) is 17.7 Å². The van der Waals surface area contributed by atoms with Crippen molar-refractivity contribution in [3.63, 3.8) is 0 Å². The first-order valence-corrected chi connectivity index (χ1v) is 7.95. The molecule has 1 aromatic heterocycles. The molecule has 0 amide bonds. The fourth-order valence-corrected chi connectivity index (χ4v) is 2.56. The molecule has 0 radical (unpaired) electrons. The van der Waals surface area contributed by atoms with Gasteiger partial charge in [0.25, 0.3) is 0 Å². The number of aryl methyl sites for hydroxylation is 1. The Kier molecular flexibility index (Phi) is 9.15. The van der Waals surface area contributed by atoms with Crippen LogP contribution in [-0.4, -0.2) is 53.4 Å².